The van der Waals surface area contributed by atoms with Gasteiger partial charge in [-0.3, -0.25) is 14.8 Å². The lowest BCUT2D eigenvalue weighted by Crippen LogP contribution is -2.24. The van der Waals surface area contributed by atoms with Crippen molar-refractivity contribution in [1.82, 2.24) is 15.3 Å². The number of ether oxygens (including phenoxy) is 1. The van der Waals surface area contributed by atoms with Gasteiger partial charge in [0.25, 0.3) is 5.91 Å². The second kappa shape index (κ2) is 8.50. The van der Waals surface area contributed by atoms with Crippen LogP contribution in [0.15, 0.2) is 54.2 Å². The third kappa shape index (κ3) is 4.05. The Bertz CT molecular complexity index is 928. The van der Waals surface area contributed by atoms with Crippen molar-refractivity contribution in [3.8, 4) is 10.6 Å². The Balaban J connectivity index is 1.40. The van der Waals surface area contributed by atoms with Crippen molar-refractivity contribution >= 4 is 22.9 Å². The Kier molecular flexibility index (Phi) is 5.64. The summed E-state index contributed by atoms with van der Waals surface area (Å²) in [6.45, 7) is 2.20. The summed E-state index contributed by atoms with van der Waals surface area (Å²) >= 11 is 1.61. The van der Waals surface area contributed by atoms with Gasteiger partial charge in [0.1, 0.15) is 5.69 Å². The van der Waals surface area contributed by atoms with E-state index in [0.717, 1.165) is 41.5 Å². The van der Waals surface area contributed by atoms with Gasteiger partial charge in [-0.1, -0.05) is 6.07 Å². The average molecular weight is 395 g/mol. The normalized spacial score (nSPS) is 16.3. The largest absolute Gasteiger partial charge is 0.380 e. The molecule has 3 aromatic rings. The number of anilines is 1. The second-order valence-corrected chi connectivity index (χ2v) is 7.60. The molecule has 1 aromatic carbocycles. The number of carbonyl (C=O) groups excluding carboxylic acids is 1. The highest BCUT2D eigenvalue weighted by molar-refractivity contribution is 7.13. The van der Waals surface area contributed by atoms with Crippen molar-refractivity contribution in [1.29, 1.82) is 0 Å². The van der Waals surface area contributed by atoms with E-state index in [9.17, 15) is 4.79 Å². The number of hydrogen-bond acceptors (Lipinski definition) is 6. The standard InChI is InChI=1S/C21H22N4O2S/c1-27-17-8-11-25(14-17)16-6-4-15(5-7-16)21(26)24-13-18-20(23-10-9-22-18)19-3-2-12-28-19/h2-7,9-10,12,17H,8,11,13-14H2,1H3,(H,24,26)/t17-/m1/s1. The molecule has 2 aromatic heterocycles. The fraction of sp³-hybridized carbons (Fsp3) is 0.286. The van der Waals surface area contributed by atoms with Crippen LogP contribution in [0.25, 0.3) is 10.6 Å². The van der Waals surface area contributed by atoms with Gasteiger partial charge in [0.2, 0.25) is 0 Å². The van der Waals surface area contributed by atoms with Gasteiger partial charge in [-0.05, 0) is 42.1 Å². The van der Waals surface area contributed by atoms with Gasteiger partial charge in [0.15, 0.2) is 0 Å². The van der Waals surface area contributed by atoms with Gasteiger partial charge >= 0.3 is 0 Å². The molecule has 1 aliphatic rings. The van der Waals surface area contributed by atoms with E-state index in [-0.39, 0.29) is 12.0 Å². The molecule has 1 amide bonds. The number of methoxy groups -OCH3 is 1. The molecule has 3 heterocycles. The van der Waals surface area contributed by atoms with Gasteiger partial charge < -0.3 is 15.0 Å². The van der Waals surface area contributed by atoms with Crippen LogP contribution >= 0.6 is 11.3 Å². The molecule has 0 radical (unpaired) electrons. The Morgan fingerprint density at radius 3 is 2.79 bits per heavy atom. The molecule has 7 heteroatoms. The van der Waals surface area contributed by atoms with Gasteiger partial charge in [-0.15, -0.1) is 11.3 Å². The number of amides is 1. The monoisotopic (exact) mass is 394 g/mol. The SMILES string of the molecule is CO[C@@H]1CCN(c2ccc(C(=O)NCc3nccnc3-c3cccs3)cc2)C1. The molecule has 0 unspecified atom stereocenters. The maximum atomic E-state index is 12.6. The Morgan fingerprint density at radius 2 is 2.07 bits per heavy atom. The van der Waals surface area contributed by atoms with Crippen molar-refractivity contribution < 1.29 is 9.53 Å². The summed E-state index contributed by atoms with van der Waals surface area (Å²) in [6, 6.07) is 11.7. The molecule has 1 atom stereocenters. The summed E-state index contributed by atoms with van der Waals surface area (Å²) in [4.78, 5) is 24.7. The van der Waals surface area contributed by atoms with Crippen LogP contribution in [0.2, 0.25) is 0 Å². The maximum absolute atomic E-state index is 12.6. The van der Waals surface area contributed by atoms with Gasteiger partial charge in [0.05, 0.1) is 23.2 Å². The lowest BCUT2D eigenvalue weighted by atomic mass is 10.1. The zero-order valence-electron chi connectivity index (χ0n) is 15.7. The number of thiophene rings is 1. The van der Waals surface area contributed by atoms with Crippen molar-refractivity contribution in [3.05, 3.63) is 65.4 Å². The zero-order chi connectivity index (χ0) is 19.3. The summed E-state index contributed by atoms with van der Waals surface area (Å²) in [5.41, 5.74) is 3.32. The first kappa shape index (κ1) is 18.6. The Morgan fingerprint density at radius 1 is 1.25 bits per heavy atom. The number of carbonyl (C=O) groups is 1. The molecule has 1 aliphatic heterocycles. The summed E-state index contributed by atoms with van der Waals surface area (Å²) in [5, 5.41) is 4.96. The van der Waals surface area contributed by atoms with E-state index in [0.29, 0.717) is 12.1 Å². The van der Waals surface area contributed by atoms with E-state index < -0.39 is 0 Å². The minimum Gasteiger partial charge on any atom is -0.380 e. The second-order valence-electron chi connectivity index (χ2n) is 6.65. The minimum atomic E-state index is -0.120. The first-order valence-electron chi connectivity index (χ1n) is 9.24. The van der Waals surface area contributed by atoms with E-state index >= 15 is 0 Å². The van der Waals surface area contributed by atoms with Crippen LogP contribution in [0, 0.1) is 0 Å². The fourth-order valence-corrected chi connectivity index (χ4v) is 4.10. The quantitative estimate of drug-likeness (QED) is 0.694. The molecule has 0 aliphatic carbocycles. The van der Waals surface area contributed by atoms with Crippen molar-refractivity contribution in [2.24, 2.45) is 0 Å². The van der Waals surface area contributed by atoms with E-state index in [4.69, 9.17) is 4.74 Å². The molecular weight excluding hydrogens is 372 g/mol. The molecule has 0 saturated carbocycles. The zero-order valence-corrected chi connectivity index (χ0v) is 16.5. The molecule has 0 bridgehead atoms. The lowest BCUT2D eigenvalue weighted by Gasteiger charge is -2.18. The van der Waals surface area contributed by atoms with Gasteiger partial charge in [0, 0.05) is 43.8 Å². The molecule has 1 fully saturated rings. The summed E-state index contributed by atoms with van der Waals surface area (Å²) in [5.74, 6) is -0.120. The highest BCUT2D eigenvalue weighted by Gasteiger charge is 2.22. The number of hydrogen-bond donors (Lipinski definition) is 1. The molecular formula is C21H22N4O2S. The van der Waals surface area contributed by atoms with Gasteiger partial charge in [-0.2, -0.15) is 0 Å². The molecule has 144 valence electrons. The number of benzene rings is 1. The first-order chi connectivity index (χ1) is 13.7. The maximum Gasteiger partial charge on any atom is 0.251 e. The van der Waals surface area contributed by atoms with E-state index in [2.05, 4.69) is 20.2 Å². The van der Waals surface area contributed by atoms with Crippen LogP contribution in [-0.4, -0.2) is 42.2 Å². The number of nitrogens with zero attached hydrogens (tertiary/aromatic N) is 3. The highest BCUT2D eigenvalue weighted by atomic mass is 32.1. The van der Waals surface area contributed by atoms with Crippen LogP contribution in [0.3, 0.4) is 0 Å². The first-order valence-corrected chi connectivity index (χ1v) is 10.1. The minimum absolute atomic E-state index is 0.120. The molecule has 28 heavy (non-hydrogen) atoms. The fourth-order valence-electron chi connectivity index (χ4n) is 3.36. The smallest absolute Gasteiger partial charge is 0.251 e. The average Bonchev–Trinajstić information content (AvgIpc) is 3.44. The number of aromatic nitrogens is 2. The van der Waals surface area contributed by atoms with E-state index in [1.807, 2.05) is 41.8 Å². The number of rotatable bonds is 6. The third-order valence-electron chi connectivity index (χ3n) is 4.92. The van der Waals surface area contributed by atoms with Crippen molar-refractivity contribution in [2.45, 2.75) is 19.1 Å². The van der Waals surface area contributed by atoms with E-state index in [1.165, 1.54) is 0 Å². The van der Waals surface area contributed by atoms with Crippen LogP contribution in [0.4, 0.5) is 5.69 Å². The summed E-state index contributed by atoms with van der Waals surface area (Å²) < 4.78 is 5.42. The van der Waals surface area contributed by atoms with Crippen LogP contribution in [-0.2, 0) is 11.3 Å². The Hall–Kier alpha value is -2.77. The predicted octanol–water partition coefficient (Wildman–Crippen LogP) is 3.36. The molecule has 4 rings (SSSR count). The summed E-state index contributed by atoms with van der Waals surface area (Å²) in [7, 11) is 1.75. The van der Waals surface area contributed by atoms with Crippen LogP contribution in [0.1, 0.15) is 22.5 Å². The van der Waals surface area contributed by atoms with Crippen LogP contribution in [0.5, 0.6) is 0 Å². The molecule has 0 spiro atoms. The third-order valence-corrected chi connectivity index (χ3v) is 5.79. The molecule has 1 saturated heterocycles. The molecule has 1 N–H and O–H groups in total. The highest BCUT2D eigenvalue weighted by Crippen LogP contribution is 2.25. The number of nitrogens with one attached hydrogen (secondary N) is 1. The Labute approximate surface area is 168 Å². The van der Waals surface area contributed by atoms with Gasteiger partial charge in [-0.25, -0.2) is 0 Å². The predicted molar refractivity (Wildman–Crippen MR) is 111 cm³/mol. The van der Waals surface area contributed by atoms with E-state index in [1.54, 1.807) is 30.8 Å². The summed E-state index contributed by atoms with van der Waals surface area (Å²) in [6.07, 6.45) is 4.64. The van der Waals surface area contributed by atoms with Crippen molar-refractivity contribution in [3.63, 3.8) is 0 Å². The van der Waals surface area contributed by atoms with Crippen LogP contribution < -0.4 is 10.2 Å². The lowest BCUT2D eigenvalue weighted by molar-refractivity contribution is 0.0950. The topological polar surface area (TPSA) is 67.3 Å². The molecule has 6 nitrogen and oxygen atoms in total. The van der Waals surface area contributed by atoms with Crippen molar-refractivity contribution in [2.75, 3.05) is 25.1 Å².